The quantitative estimate of drug-likeness (QED) is 0.314. The van der Waals surface area contributed by atoms with Crippen molar-refractivity contribution in [2.75, 3.05) is 6.61 Å². The van der Waals surface area contributed by atoms with Gasteiger partial charge >= 0.3 is 0 Å². The molecule has 2 rings (SSSR count). The molecule has 1 saturated carbocycles. The molecule has 1 amide bonds. The van der Waals surface area contributed by atoms with Crippen molar-refractivity contribution in [1.29, 1.82) is 0 Å². The molecule has 0 radical (unpaired) electrons. The van der Waals surface area contributed by atoms with Crippen molar-refractivity contribution >= 4 is 11.7 Å². The van der Waals surface area contributed by atoms with Gasteiger partial charge in [-0.2, -0.15) is 0 Å². The molecule has 0 aromatic carbocycles. The maximum Gasteiger partial charge on any atom is 0.226 e. The van der Waals surface area contributed by atoms with Crippen molar-refractivity contribution in [1.82, 2.24) is 5.32 Å². The molecule has 2 atom stereocenters. The number of nitrogens with zero attached hydrogens (tertiary/aromatic N) is 1. The number of hydrogen-bond donors (Lipinski definition) is 3. The lowest BCUT2D eigenvalue weighted by Crippen LogP contribution is -2.60. The lowest BCUT2D eigenvalue weighted by molar-refractivity contribution is -0.128. The minimum absolute atomic E-state index is 0.0452. The first-order valence-corrected chi connectivity index (χ1v) is 7.40. The summed E-state index contributed by atoms with van der Waals surface area (Å²) < 4.78 is 5.44. The number of carbonyl (C=O) groups excluding carboxylic acids is 1. The minimum atomic E-state index is -0.694. The van der Waals surface area contributed by atoms with Crippen LogP contribution in [0.15, 0.2) is 5.16 Å². The zero-order valence-corrected chi connectivity index (χ0v) is 12.3. The monoisotopic (exact) mass is 283 g/mol. The molecule has 0 bridgehead atoms. The highest BCUT2D eigenvalue weighted by Gasteiger charge is 2.42. The van der Waals surface area contributed by atoms with E-state index in [1.165, 1.54) is 0 Å². The molecule has 2 fully saturated rings. The Bertz CT molecular complexity index is 389. The maximum atomic E-state index is 12.4. The fraction of sp³-hybridized carbons (Fsp3) is 0.857. The molecule has 1 heterocycles. The van der Waals surface area contributed by atoms with Crippen molar-refractivity contribution in [2.45, 2.75) is 57.6 Å². The summed E-state index contributed by atoms with van der Waals surface area (Å²) in [6.45, 7) is 4.72. The molecule has 4 N–H and O–H groups in total. The first-order chi connectivity index (χ1) is 9.48. The summed E-state index contributed by atoms with van der Waals surface area (Å²) in [4.78, 5) is 12.4. The number of nitrogens with one attached hydrogen (secondary N) is 1. The van der Waals surface area contributed by atoms with E-state index < -0.39 is 5.54 Å². The van der Waals surface area contributed by atoms with Crippen LogP contribution in [0.5, 0.6) is 0 Å². The molecule has 1 saturated heterocycles. The van der Waals surface area contributed by atoms with Crippen LogP contribution in [-0.2, 0) is 9.53 Å². The summed E-state index contributed by atoms with van der Waals surface area (Å²) in [6.07, 6.45) is 4.04. The summed E-state index contributed by atoms with van der Waals surface area (Å²) in [5.41, 5.74) is 5.17. The van der Waals surface area contributed by atoms with Crippen LogP contribution in [0.2, 0.25) is 0 Å². The second kappa shape index (κ2) is 5.99. The van der Waals surface area contributed by atoms with Gasteiger partial charge in [-0.3, -0.25) is 4.79 Å². The smallest absolute Gasteiger partial charge is 0.226 e. The van der Waals surface area contributed by atoms with Gasteiger partial charge in [0, 0.05) is 6.61 Å². The first-order valence-electron chi connectivity index (χ1n) is 7.40. The second-order valence-corrected chi connectivity index (χ2v) is 6.21. The average molecular weight is 283 g/mol. The Morgan fingerprint density at radius 2 is 2.00 bits per heavy atom. The molecule has 2 aliphatic rings. The van der Waals surface area contributed by atoms with Gasteiger partial charge in [0.1, 0.15) is 5.54 Å². The Kier molecular flexibility index (Phi) is 4.52. The largest absolute Gasteiger partial charge is 0.409 e. The van der Waals surface area contributed by atoms with Gasteiger partial charge in [-0.05, 0) is 44.9 Å². The van der Waals surface area contributed by atoms with Crippen LogP contribution in [0.1, 0.15) is 46.0 Å². The van der Waals surface area contributed by atoms with E-state index in [2.05, 4.69) is 17.4 Å². The fourth-order valence-electron chi connectivity index (χ4n) is 3.20. The molecule has 114 valence electrons. The number of oxime groups is 1. The van der Waals surface area contributed by atoms with Crippen LogP contribution in [0, 0.1) is 11.8 Å². The third kappa shape index (κ3) is 2.90. The standard InChI is InChI=1S/C14H25N3O3/c1-9-3-6-14(7-4-9,13(15)17-19)16-12(18)11-5-8-20-10(11)2/h9-11,19H,3-8H2,1-2H3,(H2,15,17)(H,16,18). The Morgan fingerprint density at radius 1 is 1.35 bits per heavy atom. The van der Waals surface area contributed by atoms with Crippen LogP contribution >= 0.6 is 0 Å². The third-order valence-corrected chi connectivity index (χ3v) is 4.80. The van der Waals surface area contributed by atoms with E-state index in [1.54, 1.807) is 0 Å². The van der Waals surface area contributed by atoms with Crippen LogP contribution in [0.25, 0.3) is 0 Å². The molecule has 0 spiro atoms. The van der Waals surface area contributed by atoms with Gasteiger partial charge in [-0.15, -0.1) is 0 Å². The predicted octanol–water partition coefficient (Wildman–Crippen LogP) is 1.22. The van der Waals surface area contributed by atoms with E-state index in [1.807, 2.05) is 6.92 Å². The number of nitrogens with two attached hydrogens (primary N) is 1. The van der Waals surface area contributed by atoms with E-state index in [9.17, 15) is 4.79 Å². The van der Waals surface area contributed by atoms with Crippen molar-refractivity contribution in [2.24, 2.45) is 22.7 Å². The summed E-state index contributed by atoms with van der Waals surface area (Å²) in [7, 11) is 0. The lowest BCUT2D eigenvalue weighted by Gasteiger charge is -2.39. The van der Waals surface area contributed by atoms with Gasteiger partial charge in [-0.25, -0.2) is 0 Å². The molecular weight excluding hydrogens is 258 g/mol. The van der Waals surface area contributed by atoms with Gasteiger partial charge in [0.15, 0.2) is 5.84 Å². The van der Waals surface area contributed by atoms with E-state index in [-0.39, 0.29) is 23.8 Å². The number of ether oxygens (including phenoxy) is 1. The molecule has 0 aromatic heterocycles. The molecule has 2 unspecified atom stereocenters. The van der Waals surface area contributed by atoms with E-state index in [0.29, 0.717) is 12.5 Å². The van der Waals surface area contributed by atoms with E-state index in [0.717, 1.165) is 32.1 Å². The molecular formula is C14H25N3O3. The van der Waals surface area contributed by atoms with Gasteiger partial charge < -0.3 is 21.0 Å². The fourth-order valence-corrected chi connectivity index (χ4v) is 3.20. The normalized spacial score (nSPS) is 38.7. The molecule has 0 aromatic rings. The third-order valence-electron chi connectivity index (χ3n) is 4.80. The van der Waals surface area contributed by atoms with E-state index >= 15 is 0 Å². The molecule has 1 aliphatic carbocycles. The first kappa shape index (κ1) is 15.1. The van der Waals surface area contributed by atoms with Crippen molar-refractivity contribution < 1.29 is 14.7 Å². The summed E-state index contributed by atoms with van der Waals surface area (Å²) >= 11 is 0. The topological polar surface area (TPSA) is 96.9 Å². The highest BCUT2D eigenvalue weighted by atomic mass is 16.5. The Morgan fingerprint density at radius 3 is 2.50 bits per heavy atom. The van der Waals surface area contributed by atoms with Crippen molar-refractivity contribution in [3.05, 3.63) is 0 Å². The molecule has 6 heteroatoms. The van der Waals surface area contributed by atoms with Gasteiger partial charge in [0.2, 0.25) is 5.91 Å². The Balaban J connectivity index is 2.10. The predicted molar refractivity (Wildman–Crippen MR) is 75.4 cm³/mol. The summed E-state index contributed by atoms with van der Waals surface area (Å²) in [5.74, 6) is 0.540. The molecule has 1 aliphatic heterocycles. The number of carbonyl (C=O) groups is 1. The van der Waals surface area contributed by atoms with Crippen LogP contribution in [0.4, 0.5) is 0 Å². The lowest BCUT2D eigenvalue weighted by atomic mass is 9.76. The van der Waals surface area contributed by atoms with Gasteiger partial charge in [0.05, 0.1) is 12.0 Å². The highest BCUT2D eigenvalue weighted by Crippen LogP contribution is 2.33. The summed E-state index contributed by atoms with van der Waals surface area (Å²) in [5, 5.41) is 15.2. The van der Waals surface area contributed by atoms with Crippen LogP contribution < -0.4 is 11.1 Å². The molecule has 6 nitrogen and oxygen atoms in total. The number of amidine groups is 1. The van der Waals surface area contributed by atoms with Gasteiger partial charge in [-0.1, -0.05) is 12.1 Å². The SMILES string of the molecule is CC1CCC(NC(=O)C2CCOC2C)(C(N)=NO)CC1. The second-order valence-electron chi connectivity index (χ2n) is 6.21. The van der Waals surface area contributed by atoms with Crippen molar-refractivity contribution in [3.8, 4) is 0 Å². The Labute approximate surface area is 119 Å². The Hall–Kier alpha value is -1.30. The number of amides is 1. The average Bonchev–Trinajstić information content (AvgIpc) is 2.87. The maximum absolute atomic E-state index is 12.4. The minimum Gasteiger partial charge on any atom is -0.409 e. The zero-order chi connectivity index (χ0) is 14.8. The summed E-state index contributed by atoms with van der Waals surface area (Å²) in [6, 6.07) is 0. The van der Waals surface area contributed by atoms with Crippen LogP contribution in [-0.4, -0.2) is 35.2 Å². The van der Waals surface area contributed by atoms with Crippen molar-refractivity contribution in [3.63, 3.8) is 0 Å². The molecule has 20 heavy (non-hydrogen) atoms. The zero-order valence-electron chi connectivity index (χ0n) is 12.3. The van der Waals surface area contributed by atoms with Gasteiger partial charge in [0.25, 0.3) is 0 Å². The van der Waals surface area contributed by atoms with E-state index in [4.69, 9.17) is 15.7 Å². The number of rotatable bonds is 3. The van der Waals surface area contributed by atoms with Crippen LogP contribution in [0.3, 0.4) is 0 Å². The number of hydrogen-bond acceptors (Lipinski definition) is 4. The highest BCUT2D eigenvalue weighted by molar-refractivity contribution is 5.94.